The molecule has 4 aromatic carbocycles. The van der Waals surface area contributed by atoms with Crippen LogP contribution < -0.4 is 5.43 Å². The third kappa shape index (κ3) is 4.25. The van der Waals surface area contributed by atoms with E-state index in [2.05, 4.69) is 115 Å². The van der Waals surface area contributed by atoms with Crippen LogP contribution in [0.3, 0.4) is 0 Å². The van der Waals surface area contributed by atoms with Crippen LogP contribution in [0.1, 0.15) is 12.0 Å². The van der Waals surface area contributed by atoms with Crippen LogP contribution in [0.25, 0.3) is 32.6 Å². The Bertz CT molecular complexity index is 1440. The lowest BCUT2D eigenvalue weighted by Crippen LogP contribution is -2.19. The van der Waals surface area contributed by atoms with Crippen molar-refractivity contribution >= 4 is 89.9 Å². The summed E-state index contributed by atoms with van der Waals surface area (Å²) in [5.41, 5.74) is 5.96. The molecule has 0 fully saturated rings. The predicted molar refractivity (Wildman–Crippen MR) is 149 cm³/mol. The molecular formula is C26H19I2N3O. The molecule has 1 amide bonds. The van der Waals surface area contributed by atoms with Gasteiger partial charge in [0, 0.05) is 47.5 Å². The monoisotopic (exact) mass is 643 g/mol. The van der Waals surface area contributed by atoms with E-state index in [4.69, 9.17) is 0 Å². The molecule has 6 heteroatoms. The molecule has 0 aliphatic heterocycles. The van der Waals surface area contributed by atoms with E-state index in [0.717, 1.165) is 27.4 Å². The zero-order valence-electron chi connectivity index (χ0n) is 17.1. The van der Waals surface area contributed by atoms with Gasteiger partial charge in [-0.05, 0) is 92.4 Å². The van der Waals surface area contributed by atoms with Gasteiger partial charge in [-0.25, -0.2) is 5.43 Å². The van der Waals surface area contributed by atoms with Gasteiger partial charge in [0.05, 0.1) is 6.21 Å². The molecule has 0 bridgehead atoms. The molecule has 1 N–H and O–H groups in total. The molecule has 158 valence electrons. The third-order valence-corrected chi connectivity index (χ3v) is 6.91. The van der Waals surface area contributed by atoms with Crippen molar-refractivity contribution in [1.82, 2.24) is 9.99 Å². The molecular weight excluding hydrogens is 624 g/mol. The molecule has 1 aromatic heterocycles. The van der Waals surface area contributed by atoms with Gasteiger partial charge in [-0.2, -0.15) is 5.10 Å². The Labute approximate surface area is 213 Å². The minimum atomic E-state index is -0.104. The van der Waals surface area contributed by atoms with Gasteiger partial charge in [0.1, 0.15) is 0 Å². The maximum Gasteiger partial charge on any atom is 0.241 e. The van der Waals surface area contributed by atoms with E-state index in [1.165, 1.54) is 17.9 Å². The molecule has 0 aliphatic rings. The van der Waals surface area contributed by atoms with Crippen molar-refractivity contribution in [2.75, 3.05) is 0 Å². The summed E-state index contributed by atoms with van der Waals surface area (Å²) in [4.78, 5) is 12.5. The van der Waals surface area contributed by atoms with Crippen LogP contribution in [0.5, 0.6) is 0 Å². The summed E-state index contributed by atoms with van der Waals surface area (Å²) in [7, 11) is 0. The van der Waals surface area contributed by atoms with Crippen molar-refractivity contribution in [3.05, 3.63) is 91.6 Å². The second-order valence-electron chi connectivity index (χ2n) is 7.59. The van der Waals surface area contributed by atoms with E-state index in [9.17, 15) is 4.79 Å². The van der Waals surface area contributed by atoms with Crippen molar-refractivity contribution in [2.24, 2.45) is 5.10 Å². The van der Waals surface area contributed by atoms with Gasteiger partial charge in [-0.15, -0.1) is 0 Å². The third-order valence-electron chi connectivity index (χ3n) is 5.57. The van der Waals surface area contributed by atoms with E-state index in [1.54, 1.807) is 6.21 Å². The van der Waals surface area contributed by atoms with E-state index in [1.807, 2.05) is 24.3 Å². The first kappa shape index (κ1) is 21.4. The number of carbonyl (C=O) groups excluding carboxylic acids is 1. The molecule has 0 saturated carbocycles. The number of fused-ring (bicyclic) bond motifs is 4. The van der Waals surface area contributed by atoms with Gasteiger partial charge in [0.2, 0.25) is 5.91 Å². The Morgan fingerprint density at radius 3 is 2.22 bits per heavy atom. The number of aryl methyl sites for hydroxylation is 1. The highest BCUT2D eigenvalue weighted by molar-refractivity contribution is 14.1. The van der Waals surface area contributed by atoms with E-state index in [0.29, 0.717) is 13.0 Å². The van der Waals surface area contributed by atoms with Gasteiger partial charge in [-0.3, -0.25) is 4.79 Å². The minimum absolute atomic E-state index is 0.104. The number of benzene rings is 4. The zero-order valence-corrected chi connectivity index (χ0v) is 21.4. The summed E-state index contributed by atoms with van der Waals surface area (Å²) in [5, 5.41) is 8.91. The molecule has 5 rings (SSSR count). The van der Waals surface area contributed by atoms with Crippen LogP contribution in [-0.4, -0.2) is 16.7 Å². The molecule has 1 heterocycles. The standard InChI is InChI=1S/C26H19I2N3O/c27-19-8-10-24-22(14-19)23-15-20(28)9-11-25(23)31(24)13-12-26(32)30-29-16-18-6-3-5-17-4-1-2-7-21(17)18/h1-11,14-16H,12-13H2,(H,30,32). The second kappa shape index (κ2) is 9.19. The lowest BCUT2D eigenvalue weighted by atomic mass is 10.1. The van der Waals surface area contributed by atoms with Gasteiger partial charge in [0.15, 0.2) is 0 Å². The van der Waals surface area contributed by atoms with Gasteiger partial charge in [0.25, 0.3) is 0 Å². The van der Waals surface area contributed by atoms with Crippen LogP contribution in [-0.2, 0) is 11.3 Å². The van der Waals surface area contributed by atoms with Crippen molar-refractivity contribution in [3.8, 4) is 0 Å². The average Bonchev–Trinajstić information content (AvgIpc) is 3.10. The number of hydrogen-bond donors (Lipinski definition) is 1. The Balaban J connectivity index is 1.34. The SMILES string of the molecule is O=C(CCn1c2ccc(I)cc2c2cc(I)ccc21)NN=Cc1cccc2ccccc12. The first-order valence-corrected chi connectivity index (χ1v) is 12.4. The molecule has 0 spiro atoms. The van der Waals surface area contributed by atoms with Crippen molar-refractivity contribution < 1.29 is 4.79 Å². The quantitative estimate of drug-likeness (QED) is 0.130. The number of nitrogens with zero attached hydrogens (tertiary/aromatic N) is 2. The van der Waals surface area contributed by atoms with Gasteiger partial charge >= 0.3 is 0 Å². The maximum absolute atomic E-state index is 12.5. The highest BCUT2D eigenvalue weighted by atomic mass is 127. The fourth-order valence-electron chi connectivity index (χ4n) is 4.10. The maximum atomic E-state index is 12.5. The van der Waals surface area contributed by atoms with Crippen molar-refractivity contribution in [2.45, 2.75) is 13.0 Å². The first-order chi connectivity index (χ1) is 15.6. The Morgan fingerprint density at radius 1 is 0.844 bits per heavy atom. The Hall–Kier alpha value is -2.46. The normalized spacial score (nSPS) is 11.7. The van der Waals surface area contributed by atoms with Crippen molar-refractivity contribution in [3.63, 3.8) is 0 Å². The van der Waals surface area contributed by atoms with Crippen LogP contribution in [0, 0.1) is 7.14 Å². The molecule has 4 nitrogen and oxygen atoms in total. The molecule has 5 aromatic rings. The number of amides is 1. The summed E-state index contributed by atoms with van der Waals surface area (Å²) in [6.07, 6.45) is 2.06. The van der Waals surface area contributed by atoms with Crippen molar-refractivity contribution in [1.29, 1.82) is 0 Å². The lowest BCUT2D eigenvalue weighted by molar-refractivity contribution is -0.121. The van der Waals surface area contributed by atoms with Gasteiger partial charge < -0.3 is 4.57 Å². The molecule has 0 atom stereocenters. The summed E-state index contributed by atoms with van der Waals surface area (Å²) in [6.45, 7) is 0.594. The number of nitrogens with one attached hydrogen (secondary N) is 1. The second-order valence-corrected chi connectivity index (χ2v) is 10.1. The number of carbonyl (C=O) groups is 1. The topological polar surface area (TPSA) is 46.4 Å². The molecule has 0 radical (unpaired) electrons. The molecule has 0 unspecified atom stereocenters. The average molecular weight is 643 g/mol. The molecule has 32 heavy (non-hydrogen) atoms. The van der Waals surface area contributed by atoms with E-state index in [-0.39, 0.29) is 5.91 Å². The molecule has 0 aliphatic carbocycles. The number of halogens is 2. The van der Waals surface area contributed by atoms with Gasteiger partial charge in [-0.1, -0.05) is 42.5 Å². The summed E-state index contributed by atoms with van der Waals surface area (Å²) < 4.78 is 4.63. The number of hydrogen-bond acceptors (Lipinski definition) is 2. The number of aromatic nitrogens is 1. The smallest absolute Gasteiger partial charge is 0.241 e. The highest BCUT2D eigenvalue weighted by Gasteiger charge is 2.12. The minimum Gasteiger partial charge on any atom is -0.340 e. The lowest BCUT2D eigenvalue weighted by Gasteiger charge is -2.07. The van der Waals surface area contributed by atoms with Crippen LogP contribution in [0.15, 0.2) is 84.0 Å². The van der Waals surface area contributed by atoms with Crippen LogP contribution >= 0.6 is 45.2 Å². The summed E-state index contributed by atoms with van der Waals surface area (Å²) in [5.74, 6) is -0.104. The number of hydrazone groups is 1. The highest BCUT2D eigenvalue weighted by Crippen LogP contribution is 2.31. The summed E-state index contributed by atoms with van der Waals surface area (Å²) in [6, 6.07) is 27.1. The summed E-state index contributed by atoms with van der Waals surface area (Å²) >= 11 is 4.69. The predicted octanol–water partition coefficient (Wildman–Crippen LogP) is 6.70. The Kier molecular flexibility index (Phi) is 6.14. The first-order valence-electron chi connectivity index (χ1n) is 10.3. The molecule has 0 saturated heterocycles. The van der Waals surface area contributed by atoms with E-state index >= 15 is 0 Å². The van der Waals surface area contributed by atoms with Crippen LogP contribution in [0.4, 0.5) is 0 Å². The van der Waals surface area contributed by atoms with E-state index < -0.39 is 0 Å². The fraction of sp³-hybridized carbons (Fsp3) is 0.0769. The zero-order chi connectivity index (χ0) is 22.1. The van der Waals surface area contributed by atoms with Crippen LogP contribution in [0.2, 0.25) is 0 Å². The number of rotatable bonds is 5. The fourth-order valence-corrected chi connectivity index (χ4v) is 5.08. The largest absolute Gasteiger partial charge is 0.340 e. The Morgan fingerprint density at radius 2 is 1.50 bits per heavy atom.